The van der Waals surface area contributed by atoms with E-state index in [9.17, 15) is 26.3 Å². The summed E-state index contributed by atoms with van der Waals surface area (Å²) in [6.07, 6.45) is -6.19. The van der Waals surface area contributed by atoms with Gasteiger partial charge < -0.3 is 0 Å². The number of pyridine rings is 1. The van der Waals surface area contributed by atoms with Gasteiger partial charge in [-0.3, -0.25) is 4.98 Å². The van der Waals surface area contributed by atoms with Crippen LogP contribution in [0.4, 0.5) is 26.3 Å². The summed E-state index contributed by atoms with van der Waals surface area (Å²) in [7, 11) is 0. The van der Waals surface area contributed by atoms with E-state index in [1.54, 1.807) is 19.1 Å². The Hall–Kier alpha value is -2.49. The highest BCUT2D eigenvalue weighted by atomic mass is 32.2. The first-order valence-electron chi connectivity index (χ1n) is 7.93. The van der Waals surface area contributed by atoms with Crippen molar-refractivity contribution in [3.8, 4) is 16.9 Å². The van der Waals surface area contributed by atoms with Gasteiger partial charge in [-0.1, -0.05) is 12.1 Å². The van der Waals surface area contributed by atoms with Crippen LogP contribution in [0.5, 0.6) is 0 Å². The third-order valence-corrected chi connectivity index (χ3v) is 5.00. The van der Waals surface area contributed by atoms with Crippen LogP contribution in [-0.2, 0) is 6.18 Å². The van der Waals surface area contributed by atoms with Crippen molar-refractivity contribution in [2.24, 2.45) is 0 Å². The number of aromatic nitrogens is 3. The SMILES string of the molecule is Cc1ccc(-c2cc(C(F)(F)F)nn2-c2ccncc2)cc1SCC(F)(F)F. The van der Waals surface area contributed by atoms with E-state index in [-0.39, 0.29) is 5.69 Å². The highest BCUT2D eigenvalue weighted by Gasteiger charge is 2.35. The second-order valence-electron chi connectivity index (χ2n) is 5.91. The van der Waals surface area contributed by atoms with E-state index >= 15 is 0 Å². The summed E-state index contributed by atoms with van der Waals surface area (Å²) in [4.78, 5) is 4.17. The lowest BCUT2D eigenvalue weighted by atomic mass is 10.1. The molecule has 3 aromatic rings. The van der Waals surface area contributed by atoms with Gasteiger partial charge in [-0.2, -0.15) is 31.4 Å². The Labute approximate surface area is 160 Å². The maximum absolute atomic E-state index is 13.2. The molecule has 28 heavy (non-hydrogen) atoms. The van der Waals surface area contributed by atoms with Crippen LogP contribution in [0.2, 0.25) is 0 Å². The van der Waals surface area contributed by atoms with Crippen molar-refractivity contribution in [3.05, 3.63) is 60.0 Å². The minimum Gasteiger partial charge on any atom is -0.265 e. The largest absolute Gasteiger partial charge is 0.435 e. The minimum atomic E-state index is -4.66. The molecule has 0 saturated carbocycles. The maximum atomic E-state index is 13.2. The number of benzene rings is 1. The fourth-order valence-electron chi connectivity index (χ4n) is 2.48. The van der Waals surface area contributed by atoms with Crippen LogP contribution >= 0.6 is 11.8 Å². The number of hydrogen-bond donors (Lipinski definition) is 0. The van der Waals surface area contributed by atoms with Crippen LogP contribution in [0, 0.1) is 6.92 Å². The Morgan fingerprint density at radius 3 is 2.25 bits per heavy atom. The van der Waals surface area contributed by atoms with Gasteiger partial charge >= 0.3 is 12.4 Å². The molecule has 2 aromatic heterocycles. The molecule has 0 amide bonds. The predicted molar refractivity (Wildman–Crippen MR) is 93.3 cm³/mol. The van der Waals surface area contributed by atoms with Crippen molar-refractivity contribution in [1.82, 2.24) is 14.8 Å². The van der Waals surface area contributed by atoms with Gasteiger partial charge in [0.25, 0.3) is 0 Å². The first-order chi connectivity index (χ1) is 13.0. The Balaban J connectivity index is 2.09. The second kappa shape index (κ2) is 7.50. The lowest BCUT2D eigenvalue weighted by Crippen LogP contribution is -2.10. The molecule has 0 atom stereocenters. The van der Waals surface area contributed by atoms with Crippen molar-refractivity contribution in [2.45, 2.75) is 24.2 Å². The van der Waals surface area contributed by atoms with Gasteiger partial charge in [0, 0.05) is 22.9 Å². The summed E-state index contributed by atoms with van der Waals surface area (Å²) in [5, 5.41) is 3.64. The minimum absolute atomic E-state index is 0.118. The van der Waals surface area contributed by atoms with Crippen LogP contribution in [0.3, 0.4) is 0 Å². The lowest BCUT2D eigenvalue weighted by Gasteiger charge is -2.12. The standard InChI is InChI=1S/C18H13F6N3S/c1-11-2-3-12(8-15(11)28-10-17(19,20)21)14-9-16(18(22,23)24)26-27(14)13-4-6-25-7-5-13/h2-9H,10H2,1H3. The zero-order valence-corrected chi connectivity index (χ0v) is 15.2. The van der Waals surface area contributed by atoms with Gasteiger partial charge in [0.1, 0.15) is 0 Å². The van der Waals surface area contributed by atoms with Crippen LogP contribution in [0.1, 0.15) is 11.3 Å². The number of hydrogen-bond acceptors (Lipinski definition) is 3. The van der Waals surface area contributed by atoms with Gasteiger partial charge in [0.15, 0.2) is 5.69 Å². The Kier molecular flexibility index (Phi) is 5.42. The van der Waals surface area contributed by atoms with E-state index in [0.29, 0.717) is 33.5 Å². The van der Waals surface area contributed by atoms with Crippen molar-refractivity contribution in [1.29, 1.82) is 0 Å². The molecule has 3 rings (SSSR count). The molecule has 3 nitrogen and oxygen atoms in total. The molecule has 0 N–H and O–H groups in total. The number of halogens is 6. The molecule has 0 saturated heterocycles. The number of alkyl halides is 6. The molecule has 0 aliphatic heterocycles. The summed E-state index contributed by atoms with van der Waals surface area (Å²) in [6, 6.07) is 8.44. The van der Waals surface area contributed by atoms with E-state index in [1.807, 2.05) is 0 Å². The molecule has 1 aromatic carbocycles. The highest BCUT2D eigenvalue weighted by molar-refractivity contribution is 7.99. The molecular formula is C18H13F6N3S. The van der Waals surface area contributed by atoms with E-state index < -0.39 is 23.8 Å². The molecule has 2 heterocycles. The van der Waals surface area contributed by atoms with Crippen molar-refractivity contribution >= 4 is 11.8 Å². The molecule has 0 spiro atoms. The van der Waals surface area contributed by atoms with E-state index in [1.165, 1.54) is 30.6 Å². The summed E-state index contributed by atoms with van der Waals surface area (Å²) >= 11 is 0.590. The Bertz CT molecular complexity index is 964. The first kappa shape index (κ1) is 20.2. The zero-order chi connectivity index (χ0) is 20.5. The van der Waals surface area contributed by atoms with Crippen LogP contribution in [-0.4, -0.2) is 26.7 Å². The van der Waals surface area contributed by atoms with Gasteiger partial charge in [-0.05, 0) is 36.8 Å². The number of nitrogens with zero attached hydrogens (tertiary/aromatic N) is 3. The first-order valence-corrected chi connectivity index (χ1v) is 8.91. The fourth-order valence-corrected chi connectivity index (χ4v) is 3.31. The fraction of sp³-hybridized carbons (Fsp3) is 0.222. The third-order valence-electron chi connectivity index (χ3n) is 3.78. The molecular weight excluding hydrogens is 404 g/mol. The molecule has 0 radical (unpaired) electrons. The lowest BCUT2D eigenvalue weighted by molar-refractivity contribution is -0.141. The average Bonchev–Trinajstić information content (AvgIpc) is 3.07. The molecule has 0 aliphatic rings. The smallest absolute Gasteiger partial charge is 0.265 e. The third kappa shape index (κ3) is 4.67. The van der Waals surface area contributed by atoms with Crippen molar-refractivity contribution < 1.29 is 26.3 Å². The molecule has 0 aliphatic carbocycles. The van der Waals surface area contributed by atoms with E-state index in [4.69, 9.17) is 0 Å². The van der Waals surface area contributed by atoms with E-state index in [2.05, 4.69) is 10.1 Å². The summed E-state index contributed by atoms with van der Waals surface area (Å²) in [5.41, 5.74) is 0.307. The van der Waals surface area contributed by atoms with Gasteiger partial charge in [0.2, 0.25) is 0 Å². The van der Waals surface area contributed by atoms with Gasteiger partial charge in [0.05, 0.1) is 17.1 Å². The summed E-state index contributed by atoms with van der Waals surface area (Å²) < 4.78 is 78.3. The molecule has 148 valence electrons. The Morgan fingerprint density at radius 1 is 0.964 bits per heavy atom. The van der Waals surface area contributed by atoms with Gasteiger partial charge in [-0.15, -0.1) is 11.8 Å². The zero-order valence-electron chi connectivity index (χ0n) is 14.3. The quantitative estimate of drug-likeness (QED) is 0.390. The van der Waals surface area contributed by atoms with E-state index in [0.717, 1.165) is 10.7 Å². The van der Waals surface area contributed by atoms with Crippen molar-refractivity contribution in [3.63, 3.8) is 0 Å². The molecule has 0 bridgehead atoms. The molecule has 10 heteroatoms. The Morgan fingerprint density at radius 2 is 1.64 bits per heavy atom. The molecule has 0 fully saturated rings. The van der Waals surface area contributed by atoms with Crippen molar-refractivity contribution in [2.75, 3.05) is 5.75 Å². The number of aryl methyl sites for hydroxylation is 1. The predicted octanol–water partition coefficient (Wildman–Crippen LogP) is 5.92. The summed E-state index contributed by atoms with van der Waals surface area (Å²) in [5.74, 6) is -1.09. The molecule has 0 unspecified atom stereocenters. The number of rotatable bonds is 4. The van der Waals surface area contributed by atoms with Gasteiger partial charge in [-0.25, -0.2) is 4.68 Å². The van der Waals surface area contributed by atoms with Crippen LogP contribution in [0.25, 0.3) is 16.9 Å². The normalized spacial score (nSPS) is 12.4. The monoisotopic (exact) mass is 417 g/mol. The second-order valence-corrected chi connectivity index (χ2v) is 6.93. The average molecular weight is 417 g/mol. The highest BCUT2D eigenvalue weighted by Crippen LogP contribution is 2.36. The number of thioether (sulfide) groups is 1. The maximum Gasteiger partial charge on any atom is 0.435 e. The topological polar surface area (TPSA) is 30.7 Å². The van der Waals surface area contributed by atoms with Crippen LogP contribution in [0.15, 0.2) is 53.7 Å². The van der Waals surface area contributed by atoms with Crippen LogP contribution < -0.4 is 0 Å². The summed E-state index contributed by atoms with van der Waals surface area (Å²) in [6.45, 7) is 1.64.